The van der Waals surface area contributed by atoms with E-state index in [2.05, 4.69) is 36.1 Å². The second-order valence-corrected chi connectivity index (χ2v) is 7.37. The molecule has 2 aromatic rings. The maximum Gasteiger partial charge on any atom is 0.324 e. The van der Waals surface area contributed by atoms with E-state index >= 15 is 0 Å². The number of phenolic OH excluding ortho intramolecular Hbond substituents is 1. The van der Waals surface area contributed by atoms with Crippen LogP contribution in [0.25, 0.3) is 0 Å². The third-order valence-corrected chi connectivity index (χ3v) is 5.03. The largest absolute Gasteiger partial charge is 0.497 e. The van der Waals surface area contributed by atoms with Gasteiger partial charge in [-0.15, -0.1) is 0 Å². The minimum Gasteiger partial charge on any atom is -0.497 e. The van der Waals surface area contributed by atoms with Crippen LogP contribution < -0.4 is 0 Å². The zero-order valence-corrected chi connectivity index (χ0v) is 18.0. The Morgan fingerprint density at radius 1 is 1.00 bits per heavy atom. The lowest BCUT2D eigenvalue weighted by atomic mass is 9.98. The summed E-state index contributed by atoms with van der Waals surface area (Å²) in [4.78, 5) is 41.6. The number of nitrogens with zero attached hydrogens (tertiary/aromatic N) is 4. The van der Waals surface area contributed by atoms with E-state index in [1.807, 2.05) is 6.07 Å². The van der Waals surface area contributed by atoms with Gasteiger partial charge in [-0.05, 0) is 25.8 Å². The van der Waals surface area contributed by atoms with E-state index in [0.29, 0.717) is 12.1 Å². The van der Waals surface area contributed by atoms with Crippen molar-refractivity contribution in [3.63, 3.8) is 0 Å². The van der Waals surface area contributed by atoms with E-state index in [4.69, 9.17) is 5.11 Å². The first-order chi connectivity index (χ1) is 15.5. The van der Waals surface area contributed by atoms with Gasteiger partial charge in [-0.2, -0.15) is 0 Å². The van der Waals surface area contributed by atoms with Crippen molar-refractivity contribution >= 4 is 22.8 Å². The van der Waals surface area contributed by atoms with Crippen LogP contribution in [-0.4, -0.2) is 43.6 Å². The van der Waals surface area contributed by atoms with Gasteiger partial charge in [-0.3, -0.25) is 40.0 Å². The normalized spacial score (nSPS) is 13.6. The molecule has 0 radical (unpaired) electrons. The molecule has 1 heterocycles. The van der Waals surface area contributed by atoms with Gasteiger partial charge < -0.3 is 5.11 Å². The standard InChI is InChI=1S/C15H19NO.C6H3N3O7/c1-12-8-9-16(11-15(12)13(2)17)10-14-6-4-3-5-7-14;10-6-4(8(13)14)1-3(7(11)12)2-5(6)9(15)16/h3-7H,8-11H2,1-2H3;1-2,10H. The smallest absolute Gasteiger partial charge is 0.324 e. The first-order valence-electron chi connectivity index (χ1n) is 9.77. The minimum atomic E-state index is -1.21. The Morgan fingerprint density at radius 2 is 1.55 bits per heavy atom. The summed E-state index contributed by atoms with van der Waals surface area (Å²) >= 11 is 0. The molecule has 0 aliphatic carbocycles. The van der Waals surface area contributed by atoms with Gasteiger partial charge in [0, 0.05) is 25.2 Å². The van der Waals surface area contributed by atoms with Crippen molar-refractivity contribution in [1.29, 1.82) is 0 Å². The molecule has 0 saturated heterocycles. The van der Waals surface area contributed by atoms with Crippen LogP contribution in [0.1, 0.15) is 25.8 Å². The Kier molecular flexibility index (Phi) is 8.29. The Morgan fingerprint density at radius 3 is 2.00 bits per heavy atom. The van der Waals surface area contributed by atoms with Crippen molar-refractivity contribution in [1.82, 2.24) is 4.90 Å². The lowest BCUT2D eigenvalue weighted by Gasteiger charge is -2.28. The second-order valence-electron chi connectivity index (χ2n) is 7.37. The molecule has 0 bridgehead atoms. The Hall–Kier alpha value is -4.19. The van der Waals surface area contributed by atoms with Crippen molar-refractivity contribution in [2.24, 2.45) is 0 Å². The van der Waals surface area contributed by atoms with Crippen molar-refractivity contribution in [2.45, 2.75) is 26.8 Å². The van der Waals surface area contributed by atoms with Gasteiger partial charge in [0.1, 0.15) is 0 Å². The average molecular weight is 458 g/mol. The highest BCUT2D eigenvalue weighted by molar-refractivity contribution is 5.94. The monoisotopic (exact) mass is 458 g/mol. The number of benzene rings is 2. The molecule has 0 aromatic heterocycles. The molecule has 12 nitrogen and oxygen atoms in total. The molecule has 0 atom stereocenters. The lowest BCUT2D eigenvalue weighted by Crippen LogP contribution is -2.32. The van der Waals surface area contributed by atoms with Crippen LogP contribution in [0.4, 0.5) is 17.1 Å². The van der Waals surface area contributed by atoms with E-state index in [0.717, 1.165) is 31.6 Å². The molecule has 3 rings (SSSR count). The van der Waals surface area contributed by atoms with E-state index in [-0.39, 0.29) is 5.78 Å². The Bertz CT molecular complexity index is 1080. The number of carbonyl (C=O) groups is 1. The van der Waals surface area contributed by atoms with E-state index in [1.165, 1.54) is 11.1 Å². The fraction of sp³-hybridized carbons (Fsp3) is 0.286. The maximum absolute atomic E-state index is 11.5. The molecule has 0 fully saturated rings. The number of hydrogen-bond acceptors (Lipinski definition) is 9. The van der Waals surface area contributed by atoms with Gasteiger partial charge in [-0.1, -0.05) is 35.9 Å². The van der Waals surface area contributed by atoms with Crippen LogP contribution >= 0.6 is 0 Å². The second kappa shape index (κ2) is 10.9. The summed E-state index contributed by atoms with van der Waals surface area (Å²) in [5.41, 5.74) is 0.585. The number of phenols is 1. The van der Waals surface area contributed by atoms with Crippen LogP contribution in [0.5, 0.6) is 5.75 Å². The Labute approximate surface area is 188 Å². The van der Waals surface area contributed by atoms with Crippen molar-refractivity contribution in [2.75, 3.05) is 13.1 Å². The molecule has 0 amide bonds. The van der Waals surface area contributed by atoms with Gasteiger partial charge in [0.05, 0.1) is 26.9 Å². The first-order valence-corrected chi connectivity index (χ1v) is 9.77. The first kappa shape index (κ1) is 25.1. The zero-order chi connectivity index (χ0) is 24.7. The third kappa shape index (κ3) is 6.64. The highest BCUT2D eigenvalue weighted by Gasteiger charge is 2.30. The molecule has 1 aliphatic heterocycles. The number of Topliss-reactive ketones (excluding diaryl/α,β-unsaturated/α-hetero) is 1. The van der Waals surface area contributed by atoms with E-state index < -0.39 is 37.6 Å². The van der Waals surface area contributed by atoms with Gasteiger partial charge in [0.2, 0.25) is 0 Å². The number of nitro benzene ring substituents is 3. The fourth-order valence-corrected chi connectivity index (χ4v) is 3.28. The number of rotatable bonds is 6. The maximum atomic E-state index is 11.5. The predicted molar refractivity (Wildman–Crippen MR) is 118 cm³/mol. The molecule has 174 valence electrons. The summed E-state index contributed by atoms with van der Waals surface area (Å²) in [6.45, 7) is 6.54. The number of aromatic hydroxyl groups is 1. The topological polar surface area (TPSA) is 170 Å². The van der Waals surface area contributed by atoms with E-state index in [9.17, 15) is 35.1 Å². The molecule has 0 unspecified atom stereocenters. The molecular formula is C21H22N4O8. The quantitative estimate of drug-likeness (QED) is 0.498. The third-order valence-electron chi connectivity index (χ3n) is 5.03. The predicted octanol–water partition coefficient (Wildman–Crippen LogP) is 3.91. The zero-order valence-electron chi connectivity index (χ0n) is 18.0. The van der Waals surface area contributed by atoms with Crippen LogP contribution in [0.3, 0.4) is 0 Å². The highest BCUT2D eigenvalue weighted by atomic mass is 16.6. The van der Waals surface area contributed by atoms with Crippen LogP contribution in [-0.2, 0) is 11.3 Å². The van der Waals surface area contributed by atoms with Crippen LogP contribution in [0.2, 0.25) is 0 Å². The molecular weight excluding hydrogens is 436 g/mol. The summed E-state index contributed by atoms with van der Waals surface area (Å²) in [7, 11) is 0. The van der Waals surface area contributed by atoms with Gasteiger partial charge >= 0.3 is 11.4 Å². The number of ketones is 1. The number of nitro groups is 3. The van der Waals surface area contributed by atoms with Crippen molar-refractivity contribution < 1.29 is 24.7 Å². The Balaban J connectivity index is 0.000000234. The van der Waals surface area contributed by atoms with Crippen LogP contribution in [0.15, 0.2) is 53.6 Å². The summed E-state index contributed by atoms with van der Waals surface area (Å²) in [5, 5.41) is 40.2. The van der Waals surface area contributed by atoms with Gasteiger partial charge in [-0.25, -0.2) is 0 Å². The molecule has 33 heavy (non-hydrogen) atoms. The number of carbonyl (C=O) groups excluding carboxylic acids is 1. The number of hydrogen-bond donors (Lipinski definition) is 1. The summed E-state index contributed by atoms with van der Waals surface area (Å²) in [6, 6.07) is 11.3. The van der Waals surface area contributed by atoms with Gasteiger partial charge in [0.25, 0.3) is 11.4 Å². The molecule has 0 spiro atoms. The highest BCUT2D eigenvalue weighted by Crippen LogP contribution is 2.38. The summed E-state index contributed by atoms with van der Waals surface area (Å²) < 4.78 is 0. The molecule has 2 aromatic carbocycles. The lowest BCUT2D eigenvalue weighted by molar-refractivity contribution is -0.404. The average Bonchev–Trinajstić information content (AvgIpc) is 2.75. The fourth-order valence-electron chi connectivity index (χ4n) is 3.28. The summed E-state index contributed by atoms with van der Waals surface area (Å²) in [6.07, 6.45) is 1.02. The molecule has 0 saturated carbocycles. The number of non-ortho nitro benzene ring substituents is 1. The molecule has 1 aliphatic rings. The summed E-state index contributed by atoms with van der Waals surface area (Å²) in [5.74, 6) is -0.985. The molecule has 12 heteroatoms. The van der Waals surface area contributed by atoms with Crippen LogP contribution in [0, 0.1) is 30.3 Å². The van der Waals surface area contributed by atoms with Crippen molar-refractivity contribution in [3.05, 3.63) is 89.5 Å². The van der Waals surface area contributed by atoms with E-state index in [1.54, 1.807) is 6.92 Å². The van der Waals surface area contributed by atoms with Crippen molar-refractivity contribution in [3.8, 4) is 5.75 Å². The molecule has 1 N–H and O–H groups in total. The SMILES string of the molecule is CC(=O)C1=C(C)CCN(Cc2ccccc2)C1.O=[N+]([O-])c1cc([N+](=O)[O-])c(O)c([N+](=O)[O-])c1. The van der Waals surface area contributed by atoms with Gasteiger partial charge in [0.15, 0.2) is 5.78 Å². The minimum absolute atomic E-state index is 0.222.